The Hall–Kier alpha value is -4.33. The monoisotopic (exact) mass is 842 g/mol. The third-order valence-electron chi connectivity index (χ3n) is 11.1. The molecule has 5 N–H and O–H groups in total. The number of aliphatic imine (C=N–C) groups is 1. The Labute approximate surface area is 342 Å². The van der Waals surface area contributed by atoms with Gasteiger partial charge in [-0.1, -0.05) is 58.1 Å². The van der Waals surface area contributed by atoms with Gasteiger partial charge in [0.1, 0.15) is 22.9 Å². The highest BCUT2D eigenvalue weighted by Gasteiger charge is 2.49. The average Bonchev–Trinajstić information content (AvgIpc) is 3.85. The predicted molar refractivity (Wildman–Crippen MR) is 215 cm³/mol. The molecule has 0 bridgehead atoms. The van der Waals surface area contributed by atoms with Crippen molar-refractivity contribution in [2.75, 3.05) is 24.6 Å². The van der Waals surface area contributed by atoms with E-state index in [9.17, 15) is 42.3 Å². The Bertz CT molecular complexity index is 2040. The van der Waals surface area contributed by atoms with Gasteiger partial charge >= 0.3 is 0 Å². The number of aromatic nitrogens is 3. The molecule has 1 aromatic heterocycles. The quantitative estimate of drug-likeness (QED) is 0.158. The van der Waals surface area contributed by atoms with E-state index in [2.05, 4.69) is 25.3 Å². The van der Waals surface area contributed by atoms with Gasteiger partial charge in [0.05, 0.1) is 29.4 Å². The highest BCUT2D eigenvalue weighted by atomic mass is 32.2. The molecular weight excluding hydrogens is 789 g/mol. The van der Waals surface area contributed by atoms with Crippen molar-refractivity contribution in [2.45, 2.75) is 121 Å². The fraction of sp³-hybridized carbons (Fsp3) is 0.615. The minimum Gasteiger partial charge on any atom is -0.384 e. The van der Waals surface area contributed by atoms with Crippen molar-refractivity contribution >= 4 is 62.7 Å². The van der Waals surface area contributed by atoms with Crippen LogP contribution in [0.25, 0.3) is 0 Å². The summed E-state index contributed by atoms with van der Waals surface area (Å²) in [5, 5.41) is 21.9. The molecule has 58 heavy (non-hydrogen) atoms. The van der Waals surface area contributed by atoms with Gasteiger partial charge in [0, 0.05) is 23.9 Å². The summed E-state index contributed by atoms with van der Waals surface area (Å²) in [7, 11) is -4.09. The Morgan fingerprint density at radius 3 is 2.22 bits per heavy atom. The smallest absolute Gasteiger partial charge is 0.287 e. The average molecular weight is 843 g/mol. The lowest BCUT2D eigenvalue weighted by molar-refractivity contribution is -0.143. The molecule has 0 radical (unpaired) electrons. The van der Waals surface area contributed by atoms with Gasteiger partial charge in [-0.15, -0.1) is 5.10 Å². The number of sulfonamides is 1. The highest BCUT2D eigenvalue weighted by Crippen LogP contribution is 2.35. The maximum Gasteiger partial charge on any atom is 0.287 e. The van der Waals surface area contributed by atoms with Gasteiger partial charge in [-0.05, 0) is 74.8 Å². The van der Waals surface area contributed by atoms with E-state index in [4.69, 9.17) is 5.73 Å². The number of aliphatic hydroxyl groups is 1. The molecule has 316 valence electrons. The number of nitrogens with one attached hydrogen (secondary N) is 2. The number of ketones is 2. The van der Waals surface area contributed by atoms with Crippen LogP contribution < -0.4 is 15.8 Å². The first-order valence-corrected chi connectivity index (χ1v) is 22.2. The third kappa shape index (κ3) is 10.5. The number of hydrogen-bond donors (Lipinski definition) is 4. The number of rotatable bonds is 14. The number of nitrogens with two attached hydrogens (primary N) is 1. The molecule has 5 rings (SSSR count). The van der Waals surface area contributed by atoms with Gasteiger partial charge < -0.3 is 21.1 Å². The van der Waals surface area contributed by atoms with E-state index in [0.29, 0.717) is 17.2 Å². The van der Waals surface area contributed by atoms with Crippen LogP contribution in [-0.4, -0.2) is 111 Å². The molecule has 2 aliphatic heterocycles. The molecule has 4 amide bonds. The zero-order valence-corrected chi connectivity index (χ0v) is 35.3. The third-order valence-corrected chi connectivity index (χ3v) is 13.5. The topological polar surface area (TPSA) is 253 Å². The second-order valence-electron chi connectivity index (χ2n) is 17.0. The number of carbonyl (C=O) groups is 6. The van der Waals surface area contributed by atoms with E-state index in [0.717, 1.165) is 32.1 Å². The molecule has 1 saturated carbocycles. The second kappa shape index (κ2) is 17.9. The van der Waals surface area contributed by atoms with E-state index >= 15 is 0 Å². The van der Waals surface area contributed by atoms with Crippen molar-refractivity contribution < 1.29 is 42.3 Å². The summed E-state index contributed by atoms with van der Waals surface area (Å²) in [6, 6.07) is 3.10. The fourth-order valence-corrected chi connectivity index (χ4v) is 9.76. The van der Waals surface area contributed by atoms with Crippen LogP contribution in [0.2, 0.25) is 0 Å². The fourth-order valence-electron chi connectivity index (χ4n) is 7.58. The molecular formula is C39H54N8O9S2. The van der Waals surface area contributed by atoms with Crippen LogP contribution in [0.4, 0.5) is 0 Å². The lowest BCUT2D eigenvalue weighted by Gasteiger charge is -2.37. The number of hydrogen-bond acceptors (Lipinski definition) is 12. The highest BCUT2D eigenvalue weighted by molar-refractivity contribution is 7.99. The molecule has 0 unspecified atom stereocenters. The van der Waals surface area contributed by atoms with Crippen molar-refractivity contribution in [1.29, 1.82) is 0 Å². The molecule has 3 heterocycles. The van der Waals surface area contributed by atoms with Crippen LogP contribution in [0.15, 0.2) is 40.4 Å². The molecule has 3 aliphatic rings. The molecule has 19 heteroatoms. The summed E-state index contributed by atoms with van der Waals surface area (Å²) in [5.41, 5.74) is 2.01. The zero-order valence-electron chi connectivity index (χ0n) is 33.7. The van der Waals surface area contributed by atoms with Gasteiger partial charge in [0.25, 0.3) is 17.7 Å². The van der Waals surface area contributed by atoms with Crippen LogP contribution in [0.1, 0.15) is 114 Å². The van der Waals surface area contributed by atoms with E-state index in [1.54, 1.807) is 46.4 Å². The van der Waals surface area contributed by atoms with Crippen molar-refractivity contribution in [3.8, 4) is 0 Å². The molecule has 3 fully saturated rings. The van der Waals surface area contributed by atoms with Crippen molar-refractivity contribution in [2.24, 2.45) is 22.1 Å². The molecule has 2 saturated heterocycles. The number of carbonyl (C=O) groups excluding carboxylic acids is 6. The van der Waals surface area contributed by atoms with Gasteiger partial charge in [-0.25, -0.2) is 22.8 Å². The molecule has 1 aliphatic carbocycles. The number of Topliss-reactive ketones (excluding diaryl/α,β-unsaturated/α-hetero) is 2. The summed E-state index contributed by atoms with van der Waals surface area (Å²) in [6.07, 6.45) is 6.35. The normalized spacial score (nSPS) is 20.7. The first kappa shape index (κ1) is 44.8. The minimum absolute atomic E-state index is 0.00438. The summed E-state index contributed by atoms with van der Waals surface area (Å²) >= 11 is 1.57. The molecule has 1 aromatic carbocycles. The van der Waals surface area contributed by atoms with Crippen molar-refractivity contribution in [3.63, 3.8) is 0 Å². The molecule has 17 nitrogen and oxygen atoms in total. The first-order chi connectivity index (χ1) is 27.1. The van der Waals surface area contributed by atoms with Crippen LogP contribution in [-0.2, 0) is 39.6 Å². The standard InChI is InChI=1S/C39H54N8O9S2/c1-37(2,3)31(48)22-42-58(55,56)27-13-11-25(12-14-27)34(51)43-28(19-24-9-7-6-8-10-24)36(53)46-23-26(47-30(21-41-45-47)38(4,5)54)20-29(46)35(52)44-39(32(49)33(40)50)15-17-57-18-16-39/h11-14,21,24,26,29,42,54H,6-10,15-20,22-23H2,1-5H3,(H2,40,50)(H,44,52)/t26-,29-/m0/s1. The van der Waals surface area contributed by atoms with Crippen molar-refractivity contribution in [3.05, 3.63) is 41.7 Å². The van der Waals surface area contributed by atoms with Crippen molar-refractivity contribution in [1.82, 2.24) is 29.9 Å². The number of thioether (sulfide) groups is 1. The van der Waals surface area contributed by atoms with Crippen LogP contribution >= 0.6 is 11.8 Å². The van der Waals surface area contributed by atoms with Crippen LogP contribution in [0.3, 0.4) is 0 Å². The SMILES string of the molecule is CC(C)(C)C(=O)CNS(=O)(=O)c1ccc(C(=O)N=C(CC2CCCCC2)C(=O)N2C[C@@H](n3nncc3C(C)(C)O)C[C@H]2C(=O)NC2(C(=O)C(N)=O)CCSCC2)cc1. The maximum absolute atomic E-state index is 14.8. The van der Waals surface area contributed by atoms with E-state index in [1.165, 1.54) is 40.0 Å². The number of benzene rings is 1. The minimum atomic E-state index is -4.09. The number of likely N-dealkylation sites (tertiary alicyclic amines) is 1. The summed E-state index contributed by atoms with van der Waals surface area (Å²) < 4.78 is 29.6. The first-order valence-electron chi connectivity index (χ1n) is 19.6. The lowest BCUT2D eigenvalue weighted by Crippen LogP contribution is -2.63. The maximum atomic E-state index is 14.8. The second-order valence-corrected chi connectivity index (χ2v) is 19.9. The van der Waals surface area contributed by atoms with E-state index in [-0.39, 0.29) is 60.1 Å². The molecule has 2 atom stereocenters. The van der Waals surface area contributed by atoms with E-state index in [1.807, 2.05) is 0 Å². The molecule has 2 aromatic rings. The zero-order chi connectivity index (χ0) is 42.6. The van der Waals surface area contributed by atoms with Gasteiger partial charge in [0.2, 0.25) is 21.7 Å². The number of nitrogens with zero attached hydrogens (tertiary/aromatic N) is 5. The lowest BCUT2D eigenvalue weighted by atomic mass is 9.85. The number of primary amides is 1. The predicted octanol–water partition coefficient (Wildman–Crippen LogP) is 2.23. The summed E-state index contributed by atoms with van der Waals surface area (Å²) in [5.74, 6) is -3.59. The Morgan fingerprint density at radius 2 is 1.64 bits per heavy atom. The Morgan fingerprint density at radius 1 is 1.00 bits per heavy atom. The van der Waals surface area contributed by atoms with Crippen LogP contribution in [0.5, 0.6) is 0 Å². The van der Waals surface area contributed by atoms with Gasteiger partial charge in [-0.2, -0.15) is 11.8 Å². The Balaban J connectivity index is 1.48. The van der Waals surface area contributed by atoms with Gasteiger partial charge in [0.15, 0.2) is 5.78 Å². The Kier molecular flexibility index (Phi) is 13.8. The van der Waals surface area contributed by atoms with E-state index < -0.39 is 74.6 Å². The number of amides is 4. The molecule has 0 spiro atoms. The summed E-state index contributed by atoms with van der Waals surface area (Å²) in [6.45, 7) is 7.65. The van der Waals surface area contributed by atoms with Crippen LogP contribution in [0, 0.1) is 11.3 Å². The summed E-state index contributed by atoms with van der Waals surface area (Å²) in [4.78, 5) is 86.2. The van der Waals surface area contributed by atoms with Gasteiger partial charge in [-0.3, -0.25) is 28.8 Å². The largest absolute Gasteiger partial charge is 0.384 e.